The maximum absolute atomic E-state index is 14.6. The number of carbonyl (C=O) groups is 1. The Balaban J connectivity index is 1.93. The second-order valence-corrected chi connectivity index (χ2v) is 9.66. The lowest BCUT2D eigenvalue weighted by Crippen LogP contribution is -2.43. The summed E-state index contributed by atoms with van der Waals surface area (Å²) in [6.45, 7) is 2.48. The lowest BCUT2D eigenvalue weighted by atomic mass is 10.2. The number of hydrogen-bond donors (Lipinski definition) is 0. The molecule has 162 valence electrons. The fourth-order valence-electron chi connectivity index (χ4n) is 3.23. The van der Waals surface area contributed by atoms with E-state index in [1.54, 1.807) is 4.90 Å². The fraction of sp³-hybridized carbons (Fsp3) is 0.350. The van der Waals surface area contributed by atoms with Gasteiger partial charge in [0, 0.05) is 23.1 Å². The van der Waals surface area contributed by atoms with Gasteiger partial charge in [0.15, 0.2) is 0 Å². The molecule has 30 heavy (non-hydrogen) atoms. The smallest absolute Gasteiger partial charge is 0.409 e. The summed E-state index contributed by atoms with van der Waals surface area (Å²) in [7, 11) is -4.21. The van der Waals surface area contributed by atoms with Crippen LogP contribution in [0.5, 0.6) is 0 Å². The Bertz CT molecular complexity index is 1010. The van der Waals surface area contributed by atoms with E-state index in [0.29, 0.717) is 18.1 Å². The molecule has 0 spiro atoms. The van der Waals surface area contributed by atoms with Gasteiger partial charge in [-0.25, -0.2) is 17.6 Å². The summed E-state index contributed by atoms with van der Waals surface area (Å²) in [5, 5.41) is 0.533. The van der Waals surface area contributed by atoms with Crippen molar-refractivity contribution in [2.75, 3.05) is 24.0 Å². The zero-order chi connectivity index (χ0) is 21.9. The van der Waals surface area contributed by atoms with E-state index in [1.165, 1.54) is 43.3 Å². The Morgan fingerprint density at radius 2 is 1.73 bits per heavy atom. The molecule has 0 saturated carbocycles. The minimum absolute atomic E-state index is 0.0796. The molecular weight excluding hydrogens is 454 g/mol. The summed E-state index contributed by atoms with van der Waals surface area (Å²) in [6.07, 6.45) is 1.28. The molecule has 1 unspecified atom stereocenters. The van der Waals surface area contributed by atoms with Crippen LogP contribution < -0.4 is 4.31 Å². The number of rotatable bonds is 6. The highest BCUT2D eigenvalue weighted by molar-refractivity contribution is 7.92. The summed E-state index contributed by atoms with van der Waals surface area (Å²) in [5.41, 5.74) is -0.234. The van der Waals surface area contributed by atoms with E-state index in [9.17, 15) is 17.6 Å². The minimum atomic E-state index is -4.21. The first kappa shape index (κ1) is 22.7. The van der Waals surface area contributed by atoms with Crippen molar-refractivity contribution in [3.05, 3.63) is 58.3 Å². The Labute approximate surface area is 185 Å². The molecule has 1 heterocycles. The van der Waals surface area contributed by atoms with E-state index >= 15 is 0 Å². The largest absolute Gasteiger partial charge is 0.447 e. The Morgan fingerprint density at radius 3 is 2.37 bits per heavy atom. The predicted octanol–water partition coefficient (Wildman–Crippen LogP) is 4.95. The lowest BCUT2D eigenvalue weighted by Gasteiger charge is -2.31. The molecule has 1 atom stereocenters. The van der Waals surface area contributed by atoms with Gasteiger partial charge in [0.1, 0.15) is 12.4 Å². The van der Waals surface area contributed by atoms with Crippen LogP contribution in [0, 0.1) is 5.82 Å². The first-order valence-corrected chi connectivity index (χ1v) is 11.6. The average molecular weight is 475 g/mol. The molecule has 1 amide bonds. The van der Waals surface area contributed by atoms with E-state index in [-0.39, 0.29) is 22.2 Å². The highest BCUT2D eigenvalue weighted by Crippen LogP contribution is 2.31. The van der Waals surface area contributed by atoms with Gasteiger partial charge in [0.05, 0.1) is 16.6 Å². The molecule has 1 aliphatic heterocycles. The number of likely N-dealkylation sites (tertiary alicyclic amines) is 1. The van der Waals surface area contributed by atoms with Crippen LogP contribution in [0.3, 0.4) is 0 Å². The van der Waals surface area contributed by atoms with Gasteiger partial charge >= 0.3 is 6.09 Å². The van der Waals surface area contributed by atoms with Gasteiger partial charge in [0.2, 0.25) is 0 Å². The van der Waals surface area contributed by atoms with Crippen LogP contribution in [0.2, 0.25) is 10.0 Å². The molecule has 1 fully saturated rings. The van der Waals surface area contributed by atoms with Gasteiger partial charge < -0.3 is 9.64 Å². The third-order valence-electron chi connectivity index (χ3n) is 4.73. The number of carbonyl (C=O) groups excluding carboxylic acids is 1. The summed E-state index contributed by atoms with van der Waals surface area (Å²) in [4.78, 5) is 13.7. The maximum atomic E-state index is 14.6. The predicted molar refractivity (Wildman–Crippen MR) is 114 cm³/mol. The fourth-order valence-corrected chi connectivity index (χ4v) is 5.16. The van der Waals surface area contributed by atoms with Crippen molar-refractivity contribution in [2.45, 2.75) is 30.7 Å². The molecule has 0 aliphatic carbocycles. The number of nitrogens with zero attached hydrogens (tertiary/aromatic N) is 2. The van der Waals surface area contributed by atoms with Crippen LogP contribution in [0.25, 0.3) is 0 Å². The summed E-state index contributed by atoms with van der Waals surface area (Å²) >= 11 is 11.9. The number of sulfonamides is 1. The molecule has 3 rings (SSSR count). The van der Waals surface area contributed by atoms with Gasteiger partial charge in [-0.2, -0.15) is 0 Å². The van der Waals surface area contributed by atoms with E-state index in [1.807, 2.05) is 0 Å². The molecule has 6 nitrogen and oxygen atoms in total. The van der Waals surface area contributed by atoms with Gasteiger partial charge in [0.25, 0.3) is 10.0 Å². The third kappa shape index (κ3) is 4.99. The summed E-state index contributed by atoms with van der Waals surface area (Å²) < 4.78 is 47.6. The second kappa shape index (κ2) is 9.41. The molecule has 0 aromatic heterocycles. The molecule has 0 bridgehead atoms. The van der Waals surface area contributed by atoms with Gasteiger partial charge in [-0.1, -0.05) is 23.2 Å². The molecule has 1 aliphatic rings. The third-order valence-corrected chi connectivity index (χ3v) is 7.16. The minimum Gasteiger partial charge on any atom is -0.447 e. The summed E-state index contributed by atoms with van der Waals surface area (Å²) in [5.74, 6) is -0.769. The maximum Gasteiger partial charge on any atom is 0.409 e. The Morgan fingerprint density at radius 1 is 1.13 bits per heavy atom. The number of amides is 1. The Kier molecular flexibility index (Phi) is 7.10. The zero-order valence-electron chi connectivity index (χ0n) is 16.2. The average Bonchev–Trinajstić information content (AvgIpc) is 3.24. The van der Waals surface area contributed by atoms with Crippen molar-refractivity contribution in [1.82, 2.24) is 4.90 Å². The summed E-state index contributed by atoms with van der Waals surface area (Å²) in [6, 6.07) is 8.26. The van der Waals surface area contributed by atoms with Crippen LogP contribution in [-0.2, 0) is 14.8 Å². The highest BCUT2D eigenvalue weighted by Gasteiger charge is 2.33. The van der Waals surface area contributed by atoms with Crippen molar-refractivity contribution in [2.24, 2.45) is 0 Å². The quantitative estimate of drug-likeness (QED) is 0.593. The monoisotopic (exact) mass is 474 g/mol. The van der Waals surface area contributed by atoms with Crippen LogP contribution in [0.4, 0.5) is 14.9 Å². The topological polar surface area (TPSA) is 66.9 Å². The van der Waals surface area contributed by atoms with Crippen LogP contribution in [0.15, 0.2) is 47.4 Å². The SMILES string of the molecule is CC(COC(=O)N1CCCC1)N(c1cc(Cl)ccc1F)S(=O)(=O)c1ccc(Cl)cc1. The van der Waals surface area contributed by atoms with Crippen molar-refractivity contribution in [3.63, 3.8) is 0 Å². The number of halogens is 3. The van der Waals surface area contributed by atoms with E-state index in [2.05, 4.69) is 0 Å². The first-order valence-electron chi connectivity index (χ1n) is 9.37. The van der Waals surface area contributed by atoms with Crippen molar-refractivity contribution in [3.8, 4) is 0 Å². The normalized spacial score (nSPS) is 15.1. The standard InChI is InChI=1S/C20H21Cl2FN2O4S/c1-14(13-29-20(26)24-10-2-3-11-24)25(19-12-16(22)6-9-18(19)23)30(27,28)17-7-4-15(21)5-8-17/h4-9,12,14H,2-3,10-11,13H2,1H3. The Hall–Kier alpha value is -2.03. The van der Waals surface area contributed by atoms with Crippen molar-refractivity contribution < 1.29 is 22.3 Å². The molecule has 10 heteroatoms. The number of anilines is 1. The van der Waals surface area contributed by atoms with Gasteiger partial charge in [-0.15, -0.1) is 0 Å². The molecular formula is C20H21Cl2FN2O4S. The van der Waals surface area contributed by atoms with Crippen LogP contribution in [-0.4, -0.2) is 45.1 Å². The van der Waals surface area contributed by atoms with E-state index < -0.39 is 28.0 Å². The molecule has 0 N–H and O–H groups in total. The molecule has 1 saturated heterocycles. The number of hydrogen-bond acceptors (Lipinski definition) is 4. The van der Waals surface area contributed by atoms with Crippen LogP contribution >= 0.6 is 23.2 Å². The number of benzene rings is 2. The lowest BCUT2D eigenvalue weighted by molar-refractivity contribution is 0.107. The van der Waals surface area contributed by atoms with Gasteiger partial charge in [-0.05, 0) is 62.2 Å². The highest BCUT2D eigenvalue weighted by atomic mass is 35.5. The van der Waals surface area contributed by atoms with Crippen molar-refractivity contribution in [1.29, 1.82) is 0 Å². The van der Waals surface area contributed by atoms with E-state index in [4.69, 9.17) is 27.9 Å². The first-order chi connectivity index (χ1) is 14.2. The molecule has 2 aromatic rings. The zero-order valence-corrected chi connectivity index (χ0v) is 18.6. The second-order valence-electron chi connectivity index (χ2n) is 6.97. The van der Waals surface area contributed by atoms with Crippen LogP contribution in [0.1, 0.15) is 19.8 Å². The number of ether oxygens (including phenoxy) is 1. The van der Waals surface area contributed by atoms with Crippen molar-refractivity contribution >= 4 is 45.0 Å². The molecule has 0 radical (unpaired) electrons. The van der Waals surface area contributed by atoms with Gasteiger partial charge in [-0.3, -0.25) is 4.31 Å². The molecule has 2 aromatic carbocycles. The van der Waals surface area contributed by atoms with E-state index in [0.717, 1.165) is 23.2 Å².